The molecule has 2 heterocycles. The van der Waals surface area contributed by atoms with Crippen molar-refractivity contribution in [3.63, 3.8) is 0 Å². The van der Waals surface area contributed by atoms with E-state index < -0.39 is 0 Å². The van der Waals surface area contributed by atoms with Gasteiger partial charge < -0.3 is 15.5 Å². The van der Waals surface area contributed by atoms with Crippen molar-refractivity contribution < 1.29 is 9.21 Å². The lowest BCUT2D eigenvalue weighted by Gasteiger charge is -2.26. The zero-order chi connectivity index (χ0) is 14.4. The molecule has 0 aromatic carbocycles. The number of rotatable bonds is 7. The number of hydrogen-bond donors (Lipinski definition) is 2. The molecule has 1 aliphatic heterocycles. The molecule has 0 spiro atoms. The Morgan fingerprint density at radius 1 is 1.45 bits per heavy atom. The van der Waals surface area contributed by atoms with Crippen molar-refractivity contribution in [3.8, 4) is 0 Å². The molecule has 1 fully saturated rings. The van der Waals surface area contributed by atoms with Crippen molar-refractivity contribution in [2.24, 2.45) is 5.73 Å². The van der Waals surface area contributed by atoms with Crippen LogP contribution in [0.2, 0.25) is 0 Å². The van der Waals surface area contributed by atoms with E-state index in [1.807, 2.05) is 19.1 Å². The summed E-state index contributed by atoms with van der Waals surface area (Å²) in [5, 5.41) is 3.01. The number of nitrogens with one attached hydrogen (secondary N) is 1. The minimum absolute atomic E-state index is 0.0722. The van der Waals surface area contributed by atoms with E-state index in [1.54, 1.807) is 0 Å². The number of hydrogen-bond acceptors (Lipinski definition) is 4. The summed E-state index contributed by atoms with van der Waals surface area (Å²) in [7, 11) is 0. The Hall–Kier alpha value is -1.33. The number of carbonyl (C=O) groups is 1. The molecule has 1 saturated heterocycles. The van der Waals surface area contributed by atoms with Gasteiger partial charge in [0, 0.05) is 13.0 Å². The molecule has 3 N–H and O–H groups in total. The van der Waals surface area contributed by atoms with E-state index in [0.717, 1.165) is 31.0 Å². The van der Waals surface area contributed by atoms with Crippen LogP contribution >= 0.6 is 0 Å². The van der Waals surface area contributed by atoms with Gasteiger partial charge in [0.05, 0.1) is 6.04 Å². The van der Waals surface area contributed by atoms with Gasteiger partial charge in [0.1, 0.15) is 11.5 Å². The summed E-state index contributed by atoms with van der Waals surface area (Å²) in [6.07, 6.45) is 3.68. The summed E-state index contributed by atoms with van der Waals surface area (Å²) >= 11 is 0. The van der Waals surface area contributed by atoms with Crippen LogP contribution < -0.4 is 11.1 Å². The highest BCUT2D eigenvalue weighted by Gasteiger charge is 2.26. The van der Waals surface area contributed by atoms with Gasteiger partial charge in [-0.25, -0.2) is 0 Å². The molecule has 1 atom stereocenters. The maximum Gasteiger partial charge on any atom is 0.220 e. The number of likely N-dealkylation sites (tertiary alicyclic amines) is 1. The Morgan fingerprint density at radius 2 is 2.20 bits per heavy atom. The number of furan rings is 1. The largest absolute Gasteiger partial charge is 0.465 e. The van der Waals surface area contributed by atoms with E-state index in [1.165, 1.54) is 12.8 Å². The van der Waals surface area contributed by atoms with E-state index in [0.29, 0.717) is 19.5 Å². The monoisotopic (exact) mass is 279 g/mol. The molecular weight excluding hydrogens is 254 g/mol. The van der Waals surface area contributed by atoms with Gasteiger partial charge in [0.2, 0.25) is 5.91 Å². The zero-order valence-electron chi connectivity index (χ0n) is 12.2. The highest BCUT2D eigenvalue weighted by Crippen LogP contribution is 2.26. The summed E-state index contributed by atoms with van der Waals surface area (Å²) < 4.78 is 5.76. The van der Waals surface area contributed by atoms with Crippen LogP contribution in [0.1, 0.15) is 43.2 Å². The van der Waals surface area contributed by atoms with Gasteiger partial charge in [-0.2, -0.15) is 0 Å². The standard InChI is InChI=1S/C15H25N3O2/c1-12-6-7-14(20-12)13(18-9-2-3-10-18)11-17-15(19)5-4-8-16/h6-7,13H,2-5,8-11,16H2,1H3,(H,17,19). The molecule has 1 amide bonds. The van der Waals surface area contributed by atoms with Crippen molar-refractivity contribution in [1.82, 2.24) is 10.2 Å². The van der Waals surface area contributed by atoms with Crippen LogP contribution in [0.15, 0.2) is 16.5 Å². The number of nitrogens with zero attached hydrogens (tertiary/aromatic N) is 1. The predicted molar refractivity (Wildman–Crippen MR) is 78.3 cm³/mol. The van der Waals surface area contributed by atoms with Crippen LogP contribution in [0, 0.1) is 6.92 Å². The zero-order valence-corrected chi connectivity index (χ0v) is 12.2. The molecule has 0 aliphatic carbocycles. The third kappa shape index (κ3) is 4.08. The van der Waals surface area contributed by atoms with Crippen LogP contribution in [-0.4, -0.2) is 37.0 Å². The van der Waals surface area contributed by atoms with Crippen LogP contribution in [-0.2, 0) is 4.79 Å². The fourth-order valence-corrected chi connectivity index (χ4v) is 2.66. The number of carbonyl (C=O) groups excluding carboxylic acids is 1. The molecular formula is C15H25N3O2. The minimum atomic E-state index is 0.0722. The molecule has 1 aromatic rings. The average Bonchev–Trinajstić information content (AvgIpc) is 3.09. The summed E-state index contributed by atoms with van der Waals surface area (Å²) in [5.41, 5.74) is 5.42. The van der Waals surface area contributed by atoms with Crippen LogP contribution in [0.4, 0.5) is 0 Å². The topological polar surface area (TPSA) is 71.5 Å². The maximum absolute atomic E-state index is 11.7. The molecule has 2 rings (SSSR count). The number of aryl methyl sites for hydroxylation is 1. The third-order valence-corrected chi connectivity index (χ3v) is 3.77. The Kier molecular flexibility index (Phi) is 5.61. The van der Waals surface area contributed by atoms with Gasteiger partial charge in [-0.05, 0) is 58.0 Å². The van der Waals surface area contributed by atoms with Crippen molar-refractivity contribution >= 4 is 5.91 Å². The molecule has 20 heavy (non-hydrogen) atoms. The number of nitrogens with two attached hydrogens (primary N) is 1. The van der Waals surface area contributed by atoms with E-state index in [9.17, 15) is 4.79 Å². The molecule has 1 aliphatic rings. The van der Waals surface area contributed by atoms with Gasteiger partial charge in [0.15, 0.2) is 0 Å². The molecule has 0 radical (unpaired) electrons. The first-order valence-corrected chi connectivity index (χ1v) is 7.48. The van der Waals surface area contributed by atoms with Crippen molar-refractivity contribution in [2.45, 2.75) is 38.6 Å². The lowest BCUT2D eigenvalue weighted by Crippen LogP contribution is -2.36. The molecule has 1 aromatic heterocycles. The number of amides is 1. The third-order valence-electron chi connectivity index (χ3n) is 3.77. The second kappa shape index (κ2) is 7.45. The van der Waals surface area contributed by atoms with Crippen molar-refractivity contribution in [1.29, 1.82) is 0 Å². The predicted octanol–water partition coefficient (Wildman–Crippen LogP) is 1.58. The quantitative estimate of drug-likeness (QED) is 0.795. The van der Waals surface area contributed by atoms with Gasteiger partial charge in [-0.1, -0.05) is 0 Å². The van der Waals surface area contributed by atoms with E-state index in [4.69, 9.17) is 10.2 Å². The normalized spacial score (nSPS) is 17.3. The van der Waals surface area contributed by atoms with Gasteiger partial charge in [0.25, 0.3) is 0 Å². The lowest BCUT2D eigenvalue weighted by atomic mass is 10.2. The van der Waals surface area contributed by atoms with Crippen LogP contribution in [0.5, 0.6) is 0 Å². The van der Waals surface area contributed by atoms with Gasteiger partial charge >= 0.3 is 0 Å². The average molecular weight is 279 g/mol. The molecule has 5 heteroatoms. The molecule has 0 bridgehead atoms. The molecule has 0 saturated carbocycles. The highest BCUT2D eigenvalue weighted by molar-refractivity contribution is 5.75. The highest BCUT2D eigenvalue weighted by atomic mass is 16.3. The second-order valence-corrected chi connectivity index (χ2v) is 5.40. The second-order valence-electron chi connectivity index (χ2n) is 5.40. The van der Waals surface area contributed by atoms with Crippen molar-refractivity contribution in [2.75, 3.05) is 26.2 Å². The first-order chi connectivity index (χ1) is 9.70. The Bertz CT molecular complexity index is 425. The lowest BCUT2D eigenvalue weighted by molar-refractivity contribution is -0.121. The SMILES string of the molecule is Cc1ccc(C(CNC(=O)CCCN)N2CCCC2)o1. The fourth-order valence-electron chi connectivity index (χ4n) is 2.66. The van der Waals surface area contributed by atoms with Gasteiger partial charge in [-0.15, -0.1) is 0 Å². The minimum Gasteiger partial charge on any atom is -0.465 e. The summed E-state index contributed by atoms with van der Waals surface area (Å²) in [6, 6.07) is 4.15. The maximum atomic E-state index is 11.7. The van der Waals surface area contributed by atoms with Crippen LogP contribution in [0.3, 0.4) is 0 Å². The first-order valence-electron chi connectivity index (χ1n) is 7.48. The Labute approximate surface area is 120 Å². The summed E-state index contributed by atoms with van der Waals surface area (Å²) in [6.45, 7) is 5.26. The first kappa shape index (κ1) is 15.1. The van der Waals surface area contributed by atoms with E-state index in [2.05, 4.69) is 10.2 Å². The Morgan fingerprint density at radius 3 is 2.80 bits per heavy atom. The smallest absolute Gasteiger partial charge is 0.220 e. The van der Waals surface area contributed by atoms with Gasteiger partial charge in [-0.3, -0.25) is 9.69 Å². The van der Waals surface area contributed by atoms with Crippen LogP contribution in [0.25, 0.3) is 0 Å². The van der Waals surface area contributed by atoms with Crippen molar-refractivity contribution in [3.05, 3.63) is 23.7 Å². The molecule has 5 nitrogen and oxygen atoms in total. The molecule has 112 valence electrons. The fraction of sp³-hybridized carbons (Fsp3) is 0.667. The molecule has 1 unspecified atom stereocenters. The summed E-state index contributed by atoms with van der Waals surface area (Å²) in [5.74, 6) is 1.94. The van der Waals surface area contributed by atoms with E-state index >= 15 is 0 Å². The Balaban J connectivity index is 1.94. The van der Waals surface area contributed by atoms with E-state index in [-0.39, 0.29) is 11.9 Å². The summed E-state index contributed by atoms with van der Waals surface area (Å²) in [4.78, 5) is 14.1.